The lowest BCUT2D eigenvalue weighted by molar-refractivity contribution is -0.0770. The van der Waals surface area contributed by atoms with Crippen molar-refractivity contribution < 1.29 is 9.47 Å². The van der Waals surface area contributed by atoms with Crippen LogP contribution in [-0.4, -0.2) is 30.0 Å². The Balaban J connectivity index is 1.86. The van der Waals surface area contributed by atoms with E-state index in [4.69, 9.17) is 15.2 Å². The molecule has 2 heterocycles. The Kier molecular flexibility index (Phi) is 4.05. The minimum atomic E-state index is -0.0978. The molecule has 0 bridgehead atoms. The van der Waals surface area contributed by atoms with Gasteiger partial charge in [-0.3, -0.25) is 0 Å². The third kappa shape index (κ3) is 3.25. The summed E-state index contributed by atoms with van der Waals surface area (Å²) in [6.07, 6.45) is 6.10. The zero-order valence-electron chi connectivity index (χ0n) is 12.4. The van der Waals surface area contributed by atoms with Gasteiger partial charge in [0.05, 0.1) is 17.3 Å². The van der Waals surface area contributed by atoms with Gasteiger partial charge in [0.2, 0.25) is 0 Å². The van der Waals surface area contributed by atoms with Crippen LogP contribution in [0.1, 0.15) is 59.8 Å². The van der Waals surface area contributed by atoms with Crippen LogP contribution in [0.2, 0.25) is 0 Å². The summed E-state index contributed by atoms with van der Waals surface area (Å²) in [5, 5.41) is 0. The molecule has 2 saturated heterocycles. The van der Waals surface area contributed by atoms with Gasteiger partial charge in [0.15, 0.2) is 0 Å². The van der Waals surface area contributed by atoms with Crippen LogP contribution in [0.25, 0.3) is 0 Å². The van der Waals surface area contributed by atoms with E-state index in [9.17, 15) is 0 Å². The highest BCUT2D eigenvalue weighted by Crippen LogP contribution is 2.44. The van der Waals surface area contributed by atoms with Crippen LogP contribution in [0.15, 0.2) is 0 Å². The quantitative estimate of drug-likeness (QED) is 0.840. The topological polar surface area (TPSA) is 44.5 Å². The molecule has 2 aliphatic heterocycles. The Morgan fingerprint density at radius 3 is 2.50 bits per heavy atom. The Labute approximate surface area is 111 Å². The molecule has 0 aliphatic carbocycles. The van der Waals surface area contributed by atoms with E-state index in [0.29, 0.717) is 12.0 Å². The van der Waals surface area contributed by atoms with E-state index in [1.807, 2.05) is 0 Å². The van der Waals surface area contributed by atoms with E-state index in [1.165, 1.54) is 12.8 Å². The lowest BCUT2D eigenvalue weighted by Crippen LogP contribution is -2.41. The highest BCUT2D eigenvalue weighted by atomic mass is 16.5. The zero-order valence-corrected chi connectivity index (χ0v) is 12.4. The molecular weight excluding hydrogens is 226 g/mol. The number of hydrogen-bond donors (Lipinski definition) is 1. The molecular formula is C15H29NO2. The Bertz CT molecular complexity index is 282. The molecule has 106 valence electrons. The first-order valence-electron chi connectivity index (χ1n) is 7.37. The van der Waals surface area contributed by atoms with Crippen molar-refractivity contribution in [2.45, 2.75) is 83.1 Å². The molecule has 3 heteroatoms. The van der Waals surface area contributed by atoms with E-state index in [1.54, 1.807) is 0 Å². The minimum absolute atomic E-state index is 0.0321. The lowest BCUT2D eigenvalue weighted by Gasteiger charge is -2.31. The van der Waals surface area contributed by atoms with Crippen LogP contribution in [0.5, 0.6) is 0 Å². The molecule has 2 fully saturated rings. The lowest BCUT2D eigenvalue weighted by atomic mass is 9.80. The summed E-state index contributed by atoms with van der Waals surface area (Å²) in [7, 11) is 0. The maximum Gasteiger partial charge on any atom is 0.0677 e. The number of rotatable bonds is 4. The van der Waals surface area contributed by atoms with E-state index in [2.05, 4.69) is 27.7 Å². The van der Waals surface area contributed by atoms with Crippen LogP contribution in [-0.2, 0) is 9.47 Å². The second-order valence-electron chi connectivity index (χ2n) is 7.15. The second-order valence-corrected chi connectivity index (χ2v) is 7.15. The van der Waals surface area contributed by atoms with Crippen LogP contribution in [0.3, 0.4) is 0 Å². The van der Waals surface area contributed by atoms with Crippen molar-refractivity contribution in [1.82, 2.24) is 0 Å². The summed E-state index contributed by atoms with van der Waals surface area (Å²) in [5.41, 5.74) is 6.29. The van der Waals surface area contributed by atoms with Gasteiger partial charge in [-0.25, -0.2) is 0 Å². The zero-order chi connectivity index (χ0) is 13.4. The summed E-state index contributed by atoms with van der Waals surface area (Å²) in [4.78, 5) is 0. The Morgan fingerprint density at radius 1 is 1.28 bits per heavy atom. The number of hydrogen-bond acceptors (Lipinski definition) is 3. The Hall–Kier alpha value is -0.120. The molecule has 2 N–H and O–H groups in total. The largest absolute Gasteiger partial charge is 0.378 e. The second kappa shape index (κ2) is 5.10. The average molecular weight is 255 g/mol. The van der Waals surface area contributed by atoms with Crippen LogP contribution >= 0.6 is 0 Å². The van der Waals surface area contributed by atoms with Gasteiger partial charge in [-0.2, -0.15) is 0 Å². The third-order valence-corrected chi connectivity index (χ3v) is 4.51. The van der Waals surface area contributed by atoms with Gasteiger partial charge < -0.3 is 15.2 Å². The van der Waals surface area contributed by atoms with Crippen molar-refractivity contribution in [2.75, 3.05) is 6.61 Å². The first-order chi connectivity index (χ1) is 8.30. The minimum Gasteiger partial charge on any atom is -0.378 e. The van der Waals surface area contributed by atoms with Gasteiger partial charge in [-0.1, -0.05) is 0 Å². The van der Waals surface area contributed by atoms with Crippen LogP contribution in [0.4, 0.5) is 0 Å². The molecule has 0 saturated carbocycles. The third-order valence-electron chi connectivity index (χ3n) is 4.51. The summed E-state index contributed by atoms with van der Waals surface area (Å²) in [6, 6.07) is 0.228. The molecule has 3 unspecified atom stereocenters. The fourth-order valence-corrected chi connectivity index (χ4v) is 3.72. The molecule has 0 radical (unpaired) electrons. The van der Waals surface area contributed by atoms with Gasteiger partial charge in [0.25, 0.3) is 0 Å². The highest BCUT2D eigenvalue weighted by Gasteiger charge is 2.48. The van der Waals surface area contributed by atoms with Crippen molar-refractivity contribution in [2.24, 2.45) is 11.7 Å². The van der Waals surface area contributed by atoms with Crippen molar-refractivity contribution in [3.63, 3.8) is 0 Å². The van der Waals surface area contributed by atoms with Crippen LogP contribution < -0.4 is 5.73 Å². The predicted octanol–water partition coefficient (Wildman–Crippen LogP) is 2.87. The van der Waals surface area contributed by atoms with Crippen LogP contribution in [0, 0.1) is 5.92 Å². The molecule has 3 atom stereocenters. The van der Waals surface area contributed by atoms with Crippen molar-refractivity contribution >= 4 is 0 Å². The SMILES string of the molecule is CC1(C)CC(C(N)CCC2CCCO2)C(C)(C)O1. The molecule has 2 rings (SSSR count). The smallest absolute Gasteiger partial charge is 0.0677 e. The summed E-state index contributed by atoms with van der Waals surface area (Å²) >= 11 is 0. The first-order valence-corrected chi connectivity index (χ1v) is 7.37. The molecule has 0 aromatic heterocycles. The van der Waals surface area contributed by atoms with E-state index >= 15 is 0 Å². The molecule has 0 aromatic carbocycles. The van der Waals surface area contributed by atoms with E-state index in [-0.39, 0.29) is 17.2 Å². The fourth-order valence-electron chi connectivity index (χ4n) is 3.72. The van der Waals surface area contributed by atoms with Gasteiger partial charge in [-0.15, -0.1) is 0 Å². The Morgan fingerprint density at radius 2 is 2.00 bits per heavy atom. The normalized spacial score (nSPS) is 35.8. The predicted molar refractivity (Wildman–Crippen MR) is 73.5 cm³/mol. The first kappa shape index (κ1) is 14.3. The summed E-state index contributed by atoms with van der Waals surface area (Å²) in [5.74, 6) is 0.453. The number of nitrogens with two attached hydrogens (primary N) is 1. The average Bonchev–Trinajstić information content (AvgIpc) is 2.80. The standard InChI is InChI=1S/C15H29NO2/c1-14(2)10-12(15(3,4)18-14)13(16)8-7-11-6-5-9-17-11/h11-13H,5-10,16H2,1-4H3. The van der Waals surface area contributed by atoms with Gasteiger partial charge in [0.1, 0.15) is 0 Å². The van der Waals surface area contributed by atoms with Gasteiger partial charge >= 0.3 is 0 Å². The van der Waals surface area contributed by atoms with E-state index < -0.39 is 0 Å². The van der Waals surface area contributed by atoms with E-state index in [0.717, 1.165) is 25.9 Å². The summed E-state index contributed by atoms with van der Waals surface area (Å²) < 4.78 is 11.8. The summed E-state index contributed by atoms with van der Waals surface area (Å²) in [6.45, 7) is 9.63. The molecule has 0 amide bonds. The molecule has 3 nitrogen and oxygen atoms in total. The molecule has 0 spiro atoms. The maximum atomic E-state index is 6.42. The maximum absolute atomic E-state index is 6.42. The molecule has 2 aliphatic rings. The molecule has 0 aromatic rings. The van der Waals surface area contributed by atoms with Crippen molar-refractivity contribution in [1.29, 1.82) is 0 Å². The van der Waals surface area contributed by atoms with Gasteiger partial charge in [-0.05, 0) is 59.8 Å². The van der Waals surface area contributed by atoms with Crippen molar-refractivity contribution in [3.05, 3.63) is 0 Å². The monoisotopic (exact) mass is 255 g/mol. The molecule has 18 heavy (non-hydrogen) atoms. The van der Waals surface area contributed by atoms with Gasteiger partial charge in [0, 0.05) is 18.6 Å². The number of ether oxygens (including phenoxy) is 2. The fraction of sp³-hybridized carbons (Fsp3) is 1.00. The van der Waals surface area contributed by atoms with Crippen molar-refractivity contribution in [3.8, 4) is 0 Å². The highest BCUT2D eigenvalue weighted by molar-refractivity contribution is 4.98.